The van der Waals surface area contributed by atoms with Crippen LogP contribution in [0.1, 0.15) is 64.7 Å². The molecule has 0 radical (unpaired) electrons. The molecule has 5 aliphatic rings. The lowest BCUT2D eigenvalue weighted by Gasteiger charge is -2.57. The largest absolute Gasteiger partial charge is 0.479 e. The molecule has 5 fully saturated rings. The fourth-order valence-electron chi connectivity index (χ4n) is 8.54. The van der Waals surface area contributed by atoms with Crippen molar-refractivity contribution in [2.45, 2.75) is 107 Å². The van der Waals surface area contributed by atoms with Crippen molar-refractivity contribution in [3.8, 4) is 12.3 Å². The second-order valence-corrected chi connectivity index (χ2v) is 11.7. The van der Waals surface area contributed by atoms with Crippen LogP contribution in [0.25, 0.3) is 0 Å². The van der Waals surface area contributed by atoms with Crippen molar-refractivity contribution < 1.29 is 39.8 Å². The van der Waals surface area contributed by atoms with E-state index in [2.05, 4.69) is 12.8 Å². The van der Waals surface area contributed by atoms with Crippen LogP contribution in [0.4, 0.5) is 0 Å². The lowest BCUT2D eigenvalue weighted by Crippen LogP contribution is -2.61. The van der Waals surface area contributed by atoms with Gasteiger partial charge in [0.2, 0.25) is 0 Å². The summed E-state index contributed by atoms with van der Waals surface area (Å²) in [6.07, 6.45) is 6.33. The summed E-state index contributed by atoms with van der Waals surface area (Å²) < 4.78 is 11.3. The van der Waals surface area contributed by atoms with Gasteiger partial charge in [-0.3, -0.25) is 0 Å². The molecule has 0 spiro atoms. The Balaban J connectivity index is 1.23. The van der Waals surface area contributed by atoms with Gasteiger partial charge in [0.25, 0.3) is 0 Å². The fourth-order valence-corrected chi connectivity index (χ4v) is 8.54. The summed E-state index contributed by atoms with van der Waals surface area (Å²) in [7, 11) is 0. The molecule has 1 aliphatic heterocycles. The molecule has 5 rings (SSSR count). The number of carbonyl (C=O) groups is 1. The molecule has 0 aromatic carbocycles. The number of rotatable bonds is 3. The Bertz CT molecular complexity index is 841. The van der Waals surface area contributed by atoms with Crippen LogP contribution in [0.3, 0.4) is 0 Å². The van der Waals surface area contributed by atoms with E-state index in [4.69, 9.17) is 15.9 Å². The Morgan fingerprint density at radius 3 is 2.41 bits per heavy atom. The maximum atomic E-state index is 11.4. The summed E-state index contributed by atoms with van der Waals surface area (Å²) in [5.41, 5.74) is -1.19. The molecule has 4 aliphatic carbocycles. The van der Waals surface area contributed by atoms with E-state index < -0.39 is 42.3 Å². The van der Waals surface area contributed by atoms with E-state index in [0.29, 0.717) is 36.0 Å². The summed E-state index contributed by atoms with van der Waals surface area (Å²) in [4.78, 5) is 11.4. The number of ether oxygens (including phenoxy) is 2. The standard InChI is InChI=1S/C26H38O8/c1-3-26(32)11-9-18-17-6-4-13-12-14(5-7-15(13)16(17)8-10-25(18,26)2)33-24-21(29)19(27)20(28)22(34-24)23(30)31/h1,13-22,24,27-29,32H,4-12H2,2H3,(H,30,31)/t13-,14-,15-,16+,17+,18-,19-,20-,21+,22-,24?,25-,26-/m0/s1. The van der Waals surface area contributed by atoms with E-state index in [1.165, 1.54) is 0 Å². The highest BCUT2D eigenvalue weighted by atomic mass is 16.7. The van der Waals surface area contributed by atoms with Crippen molar-refractivity contribution in [1.29, 1.82) is 0 Å². The van der Waals surface area contributed by atoms with Gasteiger partial charge in [-0.05, 0) is 87.4 Å². The smallest absolute Gasteiger partial charge is 0.335 e. The molecular weight excluding hydrogens is 440 g/mol. The van der Waals surface area contributed by atoms with E-state index in [-0.39, 0.29) is 11.5 Å². The summed E-state index contributed by atoms with van der Waals surface area (Å²) in [6.45, 7) is 2.20. The maximum Gasteiger partial charge on any atom is 0.335 e. The molecule has 8 heteroatoms. The van der Waals surface area contributed by atoms with Gasteiger partial charge in [-0.15, -0.1) is 6.42 Å². The molecular formula is C26H38O8. The van der Waals surface area contributed by atoms with Gasteiger partial charge in [0, 0.05) is 5.41 Å². The van der Waals surface area contributed by atoms with Crippen LogP contribution in [0.5, 0.6) is 0 Å². The summed E-state index contributed by atoms with van der Waals surface area (Å²) >= 11 is 0. The number of hydrogen-bond donors (Lipinski definition) is 5. The van der Waals surface area contributed by atoms with Crippen LogP contribution in [-0.4, -0.2) is 73.9 Å². The van der Waals surface area contributed by atoms with Crippen molar-refractivity contribution >= 4 is 5.97 Å². The van der Waals surface area contributed by atoms with Gasteiger partial charge in [-0.1, -0.05) is 12.8 Å². The van der Waals surface area contributed by atoms with E-state index in [1.54, 1.807) is 0 Å². The van der Waals surface area contributed by atoms with Crippen molar-refractivity contribution in [3.05, 3.63) is 0 Å². The molecule has 0 aromatic heterocycles. The third kappa shape index (κ3) is 3.63. The first-order valence-corrected chi connectivity index (χ1v) is 12.9. The van der Waals surface area contributed by atoms with Crippen LogP contribution in [-0.2, 0) is 14.3 Å². The number of aliphatic hydroxyl groups excluding tert-OH is 3. The van der Waals surface area contributed by atoms with Gasteiger partial charge < -0.3 is 35.0 Å². The minimum Gasteiger partial charge on any atom is -0.479 e. The Morgan fingerprint density at radius 1 is 0.971 bits per heavy atom. The highest BCUT2D eigenvalue weighted by Gasteiger charge is 2.62. The number of fused-ring (bicyclic) bond motifs is 5. The third-order valence-electron chi connectivity index (χ3n) is 10.4. The van der Waals surface area contributed by atoms with Crippen LogP contribution in [0.15, 0.2) is 0 Å². The second-order valence-electron chi connectivity index (χ2n) is 11.7. The van der Waals surface area contributed by atoms with E-state index in [1.807, 2.05) is 0 Å². The first-order chi connectivity index (χ1) is 16.1. The Labute approximate surface area is 200 Å². The van der Waals surface area contributed by atoms with Crippen molar-refractivity contribution in [2.75, 3.05) is 0 Å². The first-order valence-electron chi connectivity index (χ1n) is 12.9. The molecule has 0 amide bonds. The number of aliphatic hydroxyl groups is 4. The van der Waals surface area contributed by atoms with Crippen LogP contribution >= 0.6 is 0 Å². The number of terminal acetylenes is 1. The molecule has 0 aromatic rings. The minimum absolute atomic E-state index is 0.193. The topological polar surface area (TPSA) is 137 Å². The van der Waals surface area contributed by atoms with E-state index in [9.17, 15) is 30.3 Å². The molecule has 1 unspecified atom stereocenters. The van der Waals surface area contributed by atoms with Crippen molar-refractivity contribution in [3.63, 3.8) is 0 Å². The monoisotopic (exact) mass is 478 g/mol. The van der Waals surface area contributed by atoms with Gasteiger partial charge in [0.1, 0.15) is 23.9 Å². The van der Waals surface area contributed by atoms with Gasteiger partial charge in [-0.25, -0.2) is 4.79 Å². The molecule has 5 N–H and O–H groups in total. The highest BCUT2D eigenvalue weighted by molar-refractivity contribution is 5.73. The predicted octanol–water partition coefficient (Wildman–Crippen LogP) is 1.28. The SMILES string of the molecule is C#C[C@]1(O)CC[C@H]2[C@@H]3CC[C@H]4C[C@@H](OC5O[C@H](C(=O)O)[C@@H](O)[C@H](O)[C@H]5O)CC[C@@H]4[C@H]3CC[C@@]21C. The summed E-state index contributed by atoms with van der Waals surface area (Å²) in [5.74, 6) is 4.11. The number of aliphatic carboxylic acids is 1. The molecule has 0 bridgehead atoms. The number of hydrogen-bond acceptors (Lipinski definition) is 7. The summed E-state index contributed by atoms with van der Waals surface area (Å²) in [6, 6.07) is 0. The quantitative estimate of drug-likeness (QED) is 0.302. The van der Waals surface area contributed by atoms with Crippen LogP contribution < -0.4 is 0 Å². The Hall–Kier alpha value is -1.21. The third-order valence-corrected chi connectivity index (χ3v) is 10.4. The Morgan fingerprint density at radius 2 is 1.71 bits per heavy atom. The van der Waals surface area contributed by atoms with Crippen molar-refractivity contribution in [2.24, 2.45) is 35.0 Å². The van der Waals surface area contributed by atoms with Crippen molar-refractivity contribution in [1.82, 2.24) is 0 Å². The summed E-state index contributed by atoms with van der Waals surface area (Å²) in [5, 5.41) is 50.7. The lowest BCUT2D eigenvalue weighted by atomic mass is 9.49. The lowest BCUT2D eigenvalue weighted by molar-refractivity contribution is -0.308. The second kappa shape index (κ2) is 8.72. The molecule has 8 nitrogen and oxygen atoms in total. The highest BCUT2D eigenvalue weighted by Crippen LogP contribution is 2.65. The molecule has 4 saturated carbocycles. The van der Waals surface area contributed by atoms with E-state index in [0.717, 1.165) is 51.4 Å². The van der Waals surface area contributed by atoms with E-state index >= 15 is 0 Å². The fraction of sp³-hybridized carbons (Fsp3) is 0.885. The minimum atomic E-state index is -1.71. The molecule has 13 atom stereocenters. The van der Waals surface area contributed by atoms with Crippen LogP contribution in [0.2, 0.25) is 0 Å². The molecule has 1 saturated heterocycles. The van der Waals surface area contributed by atoms with Gasteiger partial charge in [0.15, 0.2) is 12.4 Å². The maximum absolute atomic E-state index is 11.4. The predicted molar refractivity (Wildman–Crippen MR) is 120 cm³/mol. The molecule has 1 heterocycles. The number of carboxylic acid groups (broad SMARTS) is 1. The molecule has 190 valence electrons. The first kappa shape index (κ1) is 24.5. The van der Waals surface area contributed by atoms with Gasteiger partial charge >= 0.3 is 5.97 Å². The zero-order valence-corrected chi connectivity index (χ0v) is 19.8. The van der Waals surface area contributed by atoms with Gasteiger partial charge in [-0.2, -0.15) is 0 Å². The average molecular weight is 479 g/mol. The van der Waals surface area contributed by atoms with Crippen LogP contribution in [0, 0.1) is 47.3 Å². The average Bonchev–Trinajstić information content (AvgIpc) is 3.10. The Kier molecular flexibility index (Phi) is 6.28. The normalized spacial score (nSPS) is 54.9. The number of carboxylic acids is 1. The molecule has 34 heavy (non-hydrogen) atoms. The zero-order chi connectivity index (χ0) is 24.4. The van der Waals surface area contributed by atoms with Gasteiger partial charge in [0.05, 0.1) is 6.10 Å². The zero-order valence-electron chi connectivity index (χ0n) is 19.8.